The number of hydrogen-bond donors (Lipinski definition) is 2. The van der Waals surface area contributed by atoms with Gasteiger partial charge in [-0.15, -0.1) is 0 Å². The minimum absolute atomic E-state index is 0.0449. The van der Waals surface area contributed by atoms with Crippen LogP contribution in [0.3, 0.4) is 0 Å². The van der Waals surface area contributed by atoms with E-state index in [2.05, 4.69) is 4.74 Å². The number of carbonyl (C=O) groups is 4. The Morgan fingerprint density at radius 1 is 1.21 bits per heavy atom. The van der Waals surface area contributed by atoms with Gasteiger partial charge in [-0.05, 0) is 48.0 Å². The third-order valence-corrected chi connectivity index (χ3v) is 4.55. The number of hydrogen-bond acceptors (Lipinski definition) is 10. The number of aliphatic carboxylic acids is 1. The van der Waals surface area contributed by atoms with E-state index in [1.54, 1.807) is 33.8 Å². The molecule has 11 nitrogen and oxygen atoms in total. The van der Waals surface area contributed by atoms with Crippen molar-refractivity contribution in [3.63, 3.8) is 0 Å². The number of aliphatic hydroxyl groups is 1. The maximum Gasteiger partial charge on any atom is 0.322 e. The van der Waals surface area contributed by atoms with Crippen LogP contribution in [0.15, 0.2) is 0 Å². The van der Waals surface area contributed by atoms with Crippen molar-refractivity contribution in [2.24, 2.45) is 23.7 Å². The average Bonchev–Trinajstić information content (AvgIpc) is 2.65. The van der Waals surface area contributed by atoms with Crippen LogP contribution in [0.25, 0.3) is 0 Å². The topological polar surface area (TPSA) is 184 Å². The van der Waals surface area contributed by atoms with Gasteiger partial charge in [0, 0.05) is 6.42 Å². The van der Waals surface area contributed by atoms with Gasteiger partial charge in [-0.25, -0.2) is 0 Å². The zero-order valence-corrected chi connectivity index (χ0v) is 19.8. The number of rotatable bonds is 8. The van der Waals surface area contributed by atoms with Crippen molar-refractivity contribution >= 4 is 23.9 Å². The Morgan fingerprint density at radius 3 is 2.15 bits per heavy atom. The first-order valence-electron chi connectivity index (χ1n) is 10.4. The predicted molar refractivity (Wildman–Crippen MR) is 112 cm³/mol. The molecular formula is C22H32N2O9. The van der Waals surface area contributed by atoms with Gasteiger partial charge in [0.25, 0.3) is 0 Å². The van der Waals surface area contributed by atoms with Crippen molar-refractivity contribution in [3.8, 4) is 12.1 Å². The molecule has 0 spiro atoms. The molecule has 1 heterocycles. The van der Waals surface area contributed by atoms with Crippen molar-refractivity contribution in [1.29, 1.82) is 10.5 Å². The second kappa shape index (κ2) is 12.8. The smallest absolute Gasteiger partial charge is 0.322 e. The molecule has 0 aromatic heterocycles. The lowest BCUT2D eigenvalue weighted by molar-refractivity contribution is -0.182. The summed E-state index contributed by atoms with van der Waals surface area (Å²) < 4.78 is 14.5. The molecule has 1 fully saturated rings. The Hall–Kier alpha value is -3.18. The lowest BCUT2D eigenvalue weighted by Crippen LogP contribution is -2.46. The molecule has 1 rings (SSSR count). The Labute approximate surface area is 193 Å². The third-order valence-electron chi connectivity index (χ3n) is 4.55. The fraction of sp³-hybridized carbons (Fsp3) is 0.727. The number of nitrogens with zero attached hydrogens (tertiary/aromatic N) is 2. The molecule has 2 N–H and O–H groups in total. The van der Waals surface area contributed by atoms with E-state index in [0.717, 1.165) is 0 Å². The minimum Gasteiger partial charge on any atom is -0.481 e. The van der Waals surface area contributed by atoms with Crippen LogP contribution in [0, 0.1) is 46.3 Å². The molecule has 0 amide bonds. The number of carboxylic acids is 1. The van der Waals surface area contributed by atoms with E-state index in [9.17, 15) is 24.3 Å². The molecule has 184 valence electrons. The second-order valence-electron chi connectivity index (χ2n) is 8.67. The molecule has 0 radical (unpaired) electrons. The zero-order valence-electron chi connectivity index (χ0n) is 19.8. The Balaban J connectivity index is 0.000000621. The Bertz CT molecular complexity index is 802. The van der Waals surface area contributed by atoms with E-state index in [1.807, 2.05) is 6.07 Å². The molecule has 0 bridgehead atoms. The zero-order chi connectivity index (χ0) is 26.0. The molecule has 33 heavy (non-hydrogen) atoms. The van der Waals surface area contributed by atoms with Crippen molar-refractivity contribution < 1.29 is 43.6 Å². The van der Waals surface area contributed by atoms with Crippen LogP contribution in [0.4, 0.5) is 0 Å². The lowest BCUT2D eigenvalue weighted by Gasteiger charge is -2.35. The van der Waals surface area contributed by atoms with Gasteiger partial charge in [0.05, 0.1) is 42.8 Å². The molecule has 4 atom stereocenters. The maximum atomic E-state index is 11.6. The molecule has 0 aromatic rings. The average molecular weight is 469 g/mol. The Kier molecular flexibility index (Phi) is 11.5. The summed E-state index contributed by atoms with van der Waals surface area (Å²) in [6, 6.07) is 3.72. The molecule has 0 saturated carbocycles. The number of carbonyl (C=O) groups excluding carboxylic acids is 3. The van der Waals surface area contributed by atoms with Crippen molar-refractivity contribution in [1.82, 2.24) is 0 Å². The monoisotopic (exact) mass is 468 g/mol. The van der Waals surface area contributed by atoms with Crippen molar-refractivity contribution in [2.75, 3.05) is 13.2 Å². The van der Waals surface area contributed by atoms with E-state index >= 15 is 0 Å². The van der Waals surface area contributed by atoms with Gasteiger partial charge in [0.2, 0.25) is 0 Å². The minimum atomic E-state index is -1.56. The fourth-order valence-corrected chi connectivity index (χ4v) is 3.25. The van der Waals surface area contributed by atoms with E-state index in [1.165, 1.54) is 13.8 Å². The van der Waals surface area contributed by atoms with Gasteiger partial charge in [-0.1, -0.05) is 0 Å². The van der Waals surface area contributed by atoms with Crippen molar-refractivity contribution in [2.45, 2.75) is 65.6 Å². The van der Waals surface area contributed by atoms with Crippen LogP contribution in [0.5, 0.6) is 0 Å². The quantitative estimate of drug-likeness (QED) is 0.299. The molecule has 0 aliphatic carbocycles. The first-order chi connectivity index (χ1) is 15.1. The number of carboxylic acid groups (broad SMARTS) is 1. The standard InChI is InChI=1S/C11H17NO5.C11H15NO4/c1-4-17-10(15)8(9(13)14)7(6-12)5-11(2,3)16;1-4-15-9(13)8-7(6-12)5-11(2,3)16-10(8)14/h7-8,16H,4-5H2,1-3H3,(H,13,14);7-8H,4-5H2,1-3H3/t7-,8?;/m1./s1. The molecule has 0 aromatic carbocycles. The highest BCUT2D eigenvalue weighted by Gasteiger charge is 2.47. The summed E-state index contributed by atoms with van der Waals surface area (Å²) in [5, 5.41) is 36.4. The third kappa shape index (κ3) is 9.87. The van der Waals surface area contributed by atoms with Gasteiger partial charge in [0.15, 0.2) is 11.8 Å². The van der Waals surface area contributed by atoms with Crippen LogP contribution < -0.4 is 0 Å². The summed E-state index contributed by atoms with van der Waals surface area (Å²) in [5.74, 6) is -8.16. The van der Waals surface area contributed by atoms with Gasteiger partial charge >= 0.3 is 23.9 Å². The van der Waals surface area contributed by atoms with E-state index in [4.69, 9.17) is 25.1 Å². The summed E-state index contributed by atoms with van der Waals surface area (Å²) in [6.45, 7) is 9.76. The molecule has 1 saturated heterocycles. The lowest BCUT2D eigenvalue weighted by atomic mass is 9.81. The molecule has 3 unspecified atom stereocenters. The second-order valence-corrected chi connectivity index (χ2v) is 8.67. The highest BCUT2D eigenvalue weighted by atomic mass is 16.6. The summed E-state index contributed by atoms with van der Waals surface area (Å²) in [6.07, 6.45) is 0.234. The first-order valence-corrected chi connectivity index (χ1v) is 10.4. The van der Waals surface area contributed by atoms with Crippen LogP contribution in [-0.4, -0.2) is 58.5 Å². The number of esters is 3. The largest absolute Gasteiger partial charge is 0.481 e. The van der Waals surface area contributed by atoms with Gasteiger partial charge in [0.1, 0.15) is 5.60 Å². The highest BCUT2D eigenvalue weighted by molar-refractivity contribution is 5.96. The normalized spacial score (nSPS) is 20.9. The molecule has 1 aliphatic heterocycles. The number of cyclic esters (lactones) is 1. The van der Waals surface area contributed by atoms with Crippen molar-refractivity contribution in [3.05, 3.63) is 0 Å². The van der Waals surface area contributed by atoms with Crippen LogP contribution in [0.1, 0.15) is 54.4 Å². The molecule has 11 heteroatoms. The summed E-state index contributed by atoms with van der Waals surface area (Å²) >= 11 is 0. The SMILES string of the molecule is CCOC(=O)C(C(=O)O)[C@@H](C#N)CC(C)(C)O.CCOC(=O)C1C(=O)OC(C)(C)CC1C#N. The van der Waals surface area contributed by atoms with E-state index in [-0.39, 0.29) is 19.6 Å². The maximum absolute atomic E-state index is 11.6. The van der Waals surface area contributed by atoms with E-state index in [0.29, 0.717) is 6.42 Å². The molecular weight excluding hydrogens is 436 g/mol. The summed E-state index contributed by atoms with van der Waals surface area (Å²) in [5.41, 5.74) is -1.92. The summed E-state index contributed by atoms with van der Waals surface area (Å²) in [7, 11) is 0. The van der Waals surface area contributed by atoms with E-state index < -0.39 is 58.8 Å². The van der Waals surface area contributed by atoms with Gasteiger partial charge in [-0.2, -0.15) is 10.5 Å². The first kappa shape index (κ1) is 29.8. The molecule has 1 aliphatic rings. The number of ether oxygens (including phenoxy) is 3. The van der Waals surface area contributed by atoms with Crippen LogP contribution in [-0.2, 0) is 33.4 Å². The summed E-state index contributed by atoms with van der Waals surface area (Å²) in [4.78, 5) is 45.5. The highest BCUT2D eigenvalue weighted by Crippen LogP contribution is 2.33. The van der Waals surface area contributed by atoms with Crippen LogP contribution >= 0.6 is 0 Å². The fourth-order valence-electron chi connectivity index (χ4n) is 3.25. The Morgan fingerprint density at radius 2 is 1.76 bits per heavy atom. The van der Waals surface area contributed by atoms with Gasteiger partial charge < -0.3 is 24.4 Å². The van der Waals surface area contributed by atoms with Crippen LogP contribution in [0.2, 0.25) is 0 Å². The predicted octanol–water partition coefficient (Wildman–Crippen LogP) is 1.58. The van der Waals surface area contributed by atoms with Gasteiger partial charge in [-0.3, -0.25) is 19.2 Å². The number of nitriles is 2.